The predicted octanol–water partition coefficient (Wildman–Crippen LogP) is 7.42. The molecule has 0 aliphatic heterocycles. The van der Waals surface area contributed by atoms with Gasteiger partial charge in [-0.2, -0.15) is 0 Å². The van der Waals surface area contributed by atoms with Gasteiger partial charge in [0.2, 0.25) is 5.91 Å². The van der Waals surface area contributed by atoms with Gasteiger partial charge in [-0.1, -0.05) is 64.8 Å². The standard InChI is InChI=1S/C24H20Cl3N5O2S2/c1-3-10-32-22(14(2)34-20-9-8-17(26)11-18(20)27)30-31-24(32)36-13-21(33)29-23-28-19(12-35-23)15-4-6-16(25)7-5-15/h3-9,11-12,14H,1,10,13H2,2H3,(H,28,29,33). The van der Waals surface area contributed by atoms with Crippen LogP contribution in [0.25, 0.3) is 11.3 Å². The van der Waals surface area contributed by atoms with Crippen molar-refractivity contribution >= 4 is 68.9 Å². The Morgan fingerprint density at radius 3 is 2.67 bits per heavy atom. The fourth-order valence-electron chi connectivity index (χ4n) is 3.19. The topological polar surface area (TPSA) is 81.9 Å². The number of aromatic nitrogens is 4. The van der Waals surface area contributed by atoms with Crippen molar-refractivity contribution in [2.45, 2.75) is 24.7 Å². The summed E-state index contributed by atoms with van der Waals surface area (Å²) in [4.78, 5) is 17.1. The molecule has 0 fully saturated rings. The number of allylic oxidation sites excluding steroid dienone is 1. The SMILES string of the molecule is C=CCn1c(SCC(=O)Nc2nc(-c3ccc(Cl)cc3)cs2)nnc1C(C)Oc1ccc(Cl)cc1Cl. The molecule has 2 aromatic heterocycles. The minimum atomic E-state index is -0.457. The molecule has 2 heterocycles. The first-order chi connectivity index (χ1) is 17.3. The lowest BCUT2D eigenvalue weighted by Crippen LogP contribution is -2.15. The fourth-order valence-corrected chi connectivity index (χ4v) is 5.26. The molecule has 1 unspecified atom stereocenters. The van der Waals surface area contributed by atoms with Gasteiger partial charge in [-0.3, -0.25) is 9.36 Å². The highest BCUT2D eigenvalue weighted by molar-refractivity contribution is 7.99. The zero-order valence-corrected chi connectivity index (χ0v) is 22.9. The van der Waals surface area contributed by atoms with E-state index < -0.39 is 6.10 Å². The van der Waals surface area contributed by atoms with Crippen LogP contribution < -0.4 is 10.1 Å². The number of thioether (sulfide) groups is 1. The minimum Gasteiger partial charge on any atom is -0.481 e. The summed E-state index contributed by atoms with van der Waals surface area (Å²) in [5.41, 5.74) is 1.69. The third-order valence-electron chi connectivity index (χ3n) is 4.84. The molecule has 1 atom stereocenters. The Bertz CT molecular complexity index is 1370. The molecule has 1 N–H and O–H groups in total. The van der Waals surface area contributed by atoms with Crippen LogP contribution in [0.2, 0.25) is 15.1 Å². The van der Waals surface area contributed by atoms with Crippen LogP contribution in [0.1, 0.15) is 18.9 Å². The highest BCUT2D eigenvalue weighted by atomic mass is 35.5. The van der Waals surface area contributed by atoms with Crippen molar-refractivity contribution in [2.75, 3.05) is 11.1 Å². The normalized spacial score (nSPS) is 11.8. The first kappa shape index (κ1) is 26.5. The Morgan fingerprint density at radius 1 is 1.19 bits per heavy atom. The van der Waals surface area contributed by atoms with Crippen molar-refractivity contribution < 1.29 is 9.53 Å². The molecule has 4 rings (SSSR count). The van der Waals surface area contributed by atoms with E-state index >= 15 is 0 Å². The number of nitrogens with one attached hydrogen (secondary N) is 1. The number of amides is 1. The molecule has 0 spiro atoms. The molecule has 2 aromatic carbocycles. The van der Waals surface area contributed by atoms with E-state index in [0.29, 0.717) is 43.5 Å². The van der Waals surface area contributed by atoms with Crippen LogP contribution in [0.5, 0.6) is 5.75 Å². The lowest BCUT2D eigenvalue weighted by Gasteiger charge is -2.16. The van der Waals surface area contributed by atoms with Crippen LogP contribution in [0, 0.1) is 0 Å². The lowest BCUT2D eigenvalue weighted by atomic mass is 10.2. The first-order valence-electron chi connectivity index (χ1n) is 10.6. The summed E-state index contributed by atoms with van der Waals surface area (Å²) in [7, 11) is 0. The van der Waals surface area contributed by atoms with Gasteiger partial charge in [-0.05, 0) is 37.3 Å². The van der Waals surface area contributed by atoms with E-state index in [9.17, 15) is 4.79 Å². The van der Waals surface area contributed by atoms with Crippen molar-refractivity contribution in [3.63, 3.8) is 0 Å². The zero-order chi connectivity index (χ0) is 25.7. The van der Waals surface area contributed by atoms with Gasteiger partial charge in [-0.25, -0.2) is 4.98 Å². The van der Waals surface area contributed by atoms with Gasteiger partial charge in [-0.15, -0.1) is 28.1 Å². The van der Waals surface area contributed by atoms with Crippen LogP contribution in [0.4, 0.5) is 5.13 Å². The maximum atomic E-state index is 12.6. The molecule has 4 aromatic rings. The van der Waals surface area contributed by atoms with Crippen LogP contribution in [-0.2, 0) is 11.3 Å². The van der Waals surface area contributed by atoms with Gasteiger partial charge in [0.15, 0.2) is 22.2 Å². The first-order valence-corrected chi connectivity index (χ1v) is 13.6. The van der Waals surface area contributed by atoms with E-state index in [0.717, 1.165) is 11.3 Å². The summed E-state index contributed by atoms with van der Waals surface area (Å²) in [5.74, 6) is 0.987. The van der Waals surface area contributed by atoms with E-state index in [4.69, 9.17) is 39.5 Å². The summed E-state index contributed by atoms with van der Waals surface area (Å²) in [6, 6.07) is 12.4. The largest absolute Gasteiger partial charge is 0.481 e. The van der Waals surface area contributed by atoms with E-state index in [-0.39, 0.29) is 11.7 Å². The van der Waals surface area contributed by atoms with Crippen LogP contribution in [0.15, 0.2) is 65.7 Å². The van der Waals surface area contributed by atoms with Gasteiger partial charge in [0, 0.05) is 27.5 Å². The predicted molar refractivity (Wildman–Crippen MR) is 148 cm³/mol. The summed E-state index contributed by atoms with van der Waals surface area (Å²) in [6.07, 6.45) is 1.27. The third-order valence-corrected chi connectivity index (χ3v) is 7.35. The van der Waals surface area contributed by atoms with Crippen molar-refractivity contribution in [3.05, 3.63) is 81.4 Å². The molecular weight excluding hydrogens is 561 g/mol. The molecule has 0 aliphatic carbocycles. The Morgan fingerprint density at radius 2 is 1.94 bits per heavy atom. The van der Waals surface area contributed by atoms with Gasteiger partial charge < -0.3 is 10.1 Å². The van der Waals surface area contributed by atoms with Crippen LogP contribution >= 0.6 is 57.9 Å². The second-order valence-corrected chi connectivity index (χ2v) is 10.5. The second-order valence-electron chi connectivity index (χ2n) is 7.46. The third kappa shape index (κ3) is 6.60. The molecule has 0 saturated carbocycles. The second kappa shape index (κ2) is 12.1. The average Bonchev–Trinajstić information content (AvgIpc) is 3.47. The van der Waals surface area contributed by atoms with E-state index in [2.05, 4.69) is 27.1 Å². The molecule has 0 saturated heterocycles. The number of carbonyl (C=O) groups excluding carboxylic acids is 1. The van der Waals surface area contributed by atoms with Crippen molar-refractivity contribution in [1.82, 2.24) is 19.7 Å². The smallest absolute Gasteiger partial charge is 0.236 e. The van der Waals surface area contributed by atoms with Gasteiger partial charge >= 0.3 is 0 Å². The molecule has 7 nitrogen and oxygen atoms in total. The number of thiazole rings is 1. The average molecular weight is 581 g/mol. The van der Waals surface area contributed by atoms with Crippen molar-refractivity contribution in [1.29, 1.82) is 0 Å². The number of nitrogens with zero attached hydrogens (tertiary/aromatic N) is 4. The molecular formula is C24H20Cl3N5O2S2. The molecule has 0 aliphatic rings. The molecule has 1 amide bonds. The molecule has 186 valence electrons. The highest BCUT2D eigenvalue weighted by Crippen LogP contribution is 2.32. The van der Waals surface area contributed by atoms with E-state index in [1.54, 1.807) is 36.4 Å². The molecule has 0 radical (unpaired) electrons. The number of hydrogen-bond donors (Lipinski definition) is 1. The summed E-state index contributed by atoms with van der Waals surface area (Å²) in [5, 5.41) is 15.9. The van der Waals surface area contributed by atoms with E-state index in [1.807, 2.05) is 29.0 Å². The molecule has 36 heavy (non-hydrogen) atoms. The number of anilines is 1. The number of rotatable bonds is 10. The fraction of sp³-hybridized carbons (Fsp3) is 0.167. The molecule has 12 heteroatoms. The summed E-state index contributed by atoms with van der Waals surface area (Å²) >= 11 is 20.8. The maximum absolute atomic E-state index is 12.6. The molecule has 0 bridgehead atoms. The van der Waals surface area contributed by atoms with Crippen molar-refractivity contribution in [3.8, 4) is 17.0 Å². The van der Waals surface area contributed by atoms with Gasteiger partial charge in [0.1, 0.15) is 5.75 Å². The number of benzene rings is 2. The van der Waals surface area contributed by atoms with Crippen molar-refractivity contribution in [2.24, 2.45) is 0 Å². The van der Waals surface area contributed by atoms with Crippen LogP contribution in [-0.4, -0.2) is 31.4 Å². The Balaban J connectivity index is 1.39. The Hall–Kier alpha value is -2.56. The quantitative estimate of drug-likeness (QED) is 0.155. The monoisotopic (exact) mass is 579 g/mol. The summed E-state index contributed by atoms with van der Waals surface area (Å²) < 4.78 is 7.83. The lowest BCUT2D eigenvalue weighted by molar-refractivity contribution is -0.113. The maximum Gasteiger partial charge on any atom is 0.236 e. The number of hydrogen-bond acceptors (Lipinski definition) is 7. The Labute approximate surface area is 231 Å². The Kier molecular flexibility index (Phi) is 8.92. The summed E-state index contributed by atoms with van der Waals surface area (Å²) in [6.45, 7) is 6.11. The number of halogens is 3. The van der Waals surface area contributed by atoms with Crippen LogP contribution in [0.3, 0.4) is 0 Å². The van der Waals surface area contributed by atoms with E-state index in [1.165, 1.54) is 23.1 Å². The van der Waals surface area contributed by atoms with Gasteiger partial charge in [0.25, 0.3) is 0 Å². The zero-order valence-electron chi connectivity index (χ0n) is 19.0. The highest BCUT2D eigenvalue weighted by Gasteiger charge is 2.21. The number of ether oxygens (including phenoxy) is 1. The number of carbonyl (C=O) groups is 1. The minimum absolute atomic E-state index is 0.128. The van der Waals surface area contributed by atoms with Gasteiger partial charge in [0.05, 0.1) is 16.5 Å².